The van der Waals surface area contributed by atoms with Gasteiger partial charge in [0, 0.05) is 5.69 Å². The quantitative estimate of drug-likeness (QED) is 0.504. The molecule has 2 aliphatic carbocycles. The van der Waals surface area contributed by atoms with E-state index < -0.39 is 21.9 Å². The molecule has 0 saturated heterocycles. The third-order valence-electron chi connectivity index (χ3n) is 5.92. The van der Waals surface area contributed by atoms with Crippen LogP contribution in [0.2, 0.25) is 0 Å². The average molecular weight is 454 g/mol. The van der Waals surface area contributed by atoms with Gasteiger partial charge in [-0.15, -0.1) is 11.3 Å². The molecule has 0 fully saturated rings. The van der Waals surface area contributed by atoms with Gasteiger partial charge < -0.3 is 15.5 Å². The van der Waals surface area contributed by atoms with Crippen LogP contribution in [-0.2, 0) is 41.2 Å². The summed E-state index contributed by atoms with van der Waals surface area (Å²) in [5.41, 5.74) is 3.65. The Morgan fingerprint density at radius 2 is 1.73 bits per heavy atom. The standard InChI is InChI=1S/C21H28FN3O3S2/c1-21(2,27)12-10-17(29-11-12)30(28,23-3)25-20(26)24-19-15-8-4-6-13(15)18(22)14-7-5-9-16(14)19/h10-11,20,24,26-27H,4-9H2,1-3H3,(H,23,25,28). The number of rotatable bonds is 6. The fourth-order valence-corrected chi connectivity index (χ4v) is 7.22. The Bertz CT molecular complexity index is 1060. The molecule has 1 aromatic heterocycles. The van der Waals surface area contributed by atoms with Crippen molar-refractivity contribution in [3.63, 3.8) is 0 Å². The molecule has 0 amide bonds. The second kappa shape index (κ2) is 7.87. The molecule has 0 aliphatic heterocycles. The molecule has 1 aromatic carbocycles. The predicted molar refractivity (Wildman–Crippen MR) is 118 cm³/mol. The van der Waals surface area contributed by atoms with Gasteiger partial charge >= 0.3 is 0 Å². The minimum atomic E-state index is -3.10. The monoisotopic (exact) mass is 453 g/mol. The van der Waals surface area contributed by atoms with E-state index in [9.17, 15) is 18.8 Å². The molecule has 0 saturated carbocycles. The molecule has 4 N–H and O–H groups in total. The van der Waals surface area contributed by atoms with Crippen LogP contribution in [0.3, 0.4) is 0 Å². The summed E-state index contributed by atoms with van der Waals surface area (Å²) in [6.07, 6.45) is 3.29. The minimum Gasteiger partial charge on any atom is -0.386 e. The molecule has 30 heavy (non-hydrogen) atoms. The molecular weight excluding hydrogens is 425 g/mol. The Morgan fingerprint density at radius 3 is 2.23 bits per heavy atom. The third kappa shape index (κ3) is 3.78. The van der Waals surface area contributed by atoms with Crippen molar-refractivity contribution in [3.05, 3.63) is 45.1 Å². The van der Waals surface area contributed by atoms with Gasteiger partial charge in [-0.3, -0.25) is 0 Å². The van der Waals surface area contributed by atoms with Crippen LogP contribution in [0.1, 0.15) is 54.5 Å². The number of benzene rings is 1. The zero-order valence-electron chi connectivity index (χ0n) is 17.4. The lowest BCUT2D eigenvalue weighted by Gasteiger charge is -2.20. The van der Waals surface area contributed by atoms with Crippen molar-refractivity contribution in [2.45, 2.75) is 68.5 Å². The SMILES string of the molecule is CNS(=O)(=NC(O)Nc1c2c(c(F)c3c1CCC3)CCC2)c1cc(C(C)(C)O)cs1. The summed E-state index contributed by atoms with van der Waals surface area (Å²) in [5, 5.41) is 25.6. The van der Waals surface area contributed by atoms with Crippen molar-refractivity contribution >= 4 is 26.9 Å². The maximum absolute atomic E-state index is 14.8. The van der Waals surface area contributed by atoms with Gasteiger partial charge in [0.15, 0.2) is 9.92 Å². The number of nitrogens with one attached hydrogen (secondary N) is 2. The van der Waals surface area contributed by atoms with E-state index >= 15 is 0 Å². The Labute approximate surface area is 180 Å². The first-order chi connectivity index (χ1) is 14.1. The van der Waals surface area contributed by atoms with Gasteiger partial charge in [0.2, 0.25) is 6.35 Å². The van der Waals surface area contributed by atoms with E-state index in [4.69, 9.17) is 0 Å². The lowest BCUT2D eigenvalue weighted by molar-refractivity contribution is 0.0789. The number of fused-ring (bicyclic) bond motifs is 2. The summed E-state index contributed by atoms with van der Waals surface area (Å²) in [6, 6.07) is 1.65. The lowest BCUT2D eigenvalue weighted by atomic mass is 9.98. The highest BCUT2D eigenvalue weighted by Gasteiger charge is 2.30. The number of hydrogen-bond donors (Lipinski definition) is 4. The first-order valence-corrected chi connectivity index (χ1v) is 12.6. The van der Waals surface area contributed by atoms with Gasteiger partial charge in [0.05, 0.1) is 5.60 Å². The first kappa shape index (κ1) is 21.7. The van der Waals surface area contributed by atoms with Crippen LogP contribution < -0.4 is 10.0 Å². The minimum absolute atomic E-state index is 0.0799. The number of hydrogen-bond acceptors (Lipinski definition) is 6. The van der Waals surface area contributed by atoms with Crippen molar-refractivity contribution < 1.29 is 18.8 Å². The number of thiophene rings is 1. The van der Waals surface area contributed by atoms with Gasteiger partial charge in [0.25, 0.3) is 0 Å². The maximum Gasteiger partial charge on any atom is 0.233 e. The van der Waals surface area contributed by atoms with E-state index in [-0.39, 0.29) is 5.82 Å². The van der Waals surface area contributed by atoms with Crippen LogP contribution in [0.25, 0.3) is 0 Å². The van der Waals surface area contributed by atoms with E-state index in [0.29, 0.717) is 22.6 Å². The van der Waals surface area contributed by atoms with Crippen molar-refractivity contribution in [3.8, 4) is 0 Å². The molecule has 0 bridgehead atoms. The fraction of sp³-hybridized carbons (Fsp3) is 0.524. The Hall–Kier alpha value is -1.52. The van der Waals surface area contributed by atoms with Crippen LogP contribution in [0.4, 0.5) is 10.1 Å². The highest BCUT2D eigenvalue weighted by molar-refractivity contribution is 7.93. The second-order valence-corrected chi connectivity index (χ2v) is 11.7. The molecule has 0 spiro atoms. The van der Waals surface area contributed by atoms with E-state index in [2.05, 4.69) is 14.4 Å². The average Bonchev–Trinajstić information content (AvgIpc) is 3.44. The van der Waals surface area contributed by atoms with Crippen molar-refractivity contribution in [1.82, 2.24) is 4.72 Å². The topological polar surface area (TPSA) is 94.0 Å². The molecule has 2 aromatic rings. The molecule has 164 valence electrons. The first-order valence-electron chi connectivity index (χ1n) is 10.2. The zero-order chi connectivity index (χ0) is 21.7. The number of halogens is 1. The molecule has 2 atom stereocenters. The largest absolute Gasteiger partial charge is 0.386 e. The highest BCUT2D eigenvalue weighted by atomic mass is 32.2. The molecule has 2 unspecified atom stereocenters. The Kier molecular flexibility index (Phi) is 5.69. The van der Waals surface area contributed by atoms with Crippen molar-refractivity contribution in [2.24, 2.45) is 4.36 Å². The molecule has 4 rings (SSSR count). The van der Waals surface area contributed by atoms with Crippen molar-refractivity contribution in [1.29, 1.82) is 0 Å². The van der Waals surface area contributed by atoms with Gasteiger partial charge in [0.1, 0.15) is 10.0 Å². The summed E-state index contributed by atoms with van der Waals surface area (Å²) < 4.78 is 35.6. The number of anilines is 1. The summed E-state index contributed by atoms with van der Waals surface area (Å²) in [5.74, 6) is -0.0799. The Morgan fingerprint density at radius 1 is 1.17 bits per heavy atom. The molecule has 2 aliphatic rings. The van der Waals surface area contributed by atoms with E-state index in [1.165, 1.54) is 18.4 Å². The van der Waals surface area contributed by atoms with Gasteiger partial charge in [-0.2, -0.15) is 4.36 Å². The fourth-order valence-electron chi connectivity index (χ4n) is 4.35. The smallest absolute Gasteiger partial charge is 0.233 e. The van der Waals surface area contributed by atoms with E-state index in [1.54, 1.807) is 25.3 Å². The normalized spacial score (nSPS) is 18.6. The molecule has 9 heteroatoms. The van der Waals surface area contributed by atoms with Crippen LogP contribution in [0.15, 0.2) is 20.0 Å². The predicted octanol–water partition coefficient (Wildman–Crippen LogP) is 3.44. The van der Waals surface area contributed by atoms with Crippen LogP contribution in [0.5, 0.6) is 0 Å². The number of aliphatic hydroxyl groups is 2. The summed E-state index contributed by atoms with van der Waals surface area (Å²) >= 11 is 1.22. The van der Waals surface area contributed by atoms with Gasteiger partial charge in [-0.05, 0) is 98.7 Å². The zero-order valence-corrected chi connectivity index (χ0v) is 19.1. The number of nitrogens with zero attached hydrogens (tertiary/aromatic N) is 1. The summed E-state index contributed by atoms with van der Waals surface area (Å²) in [7, 11) is -1.58. The highest BCUT2D eigenvalue weighted by Crippen LogP contribution is 2.41. The molecule has 6 nitrogen and oxygen atoms in total. The van der Waals surface area contributed by atoms with Crippen LogP contribution in [0, 0.1) is 5.82 Å². The maximum atomic E-state index is 14.8. The second-order valence-electron chi connectivity index (χ2n) is 8.38. The third-order valence-corrected chi connectivity index (χ3v) is 9.32. The number of aliphatic hydroxyl groups excluding tert-OH is 1. The lowest BCUT2D eigenvalue weighted by Crippen LogP contribution is -2.25. The summed E-state index contributed by atoms with van der Waals surface area (Å²) in [6.45, 7) is 3.31. The molecule has 1 heterocycles. The van der Waals surface area contributed by atoms with E-state index in [0.717, 1.165) is 53.6 Å². The summed E-state index contributed by atoms with van der Waals surface area (Å²) in [4.78, 5) is 0. The molecular formula is C21H28FN3O3S2. The van der Waals surface area contributed by atoms with Gasteiger partial charge in [-0.25, -0.2) is 13.3 Å². The van der Waals surface area contributed by atoms with E-state index in [1.807, 2.05) is 0 Å². The Balaban J connectivity index is 1.69. The van der Waals surface area contributed by atoms with Gasteiger partial charge in [-0.1, -0.05) is 0 Å². The van der Waals surface area contributed by atoms with Crippen molar-refractivity contribution in [2.75, 3.05) is 12.4 Å². The van der Waals surface area contributed by atoms with Crippen LogP contribution >= 0.6 is 11.3 Å². The van der Waals surface area contributed by atoms with Crippen LogP contribution in [-0.4, -0.2) is 27.8 Å². The molecule has 0 radical (unpaired) electrons.